The number of benzene rings is 1. The first-order valence-electron chi connectivity index (χ1n) is 5.05. The van der Waals surface area contributed by atoms with Crippen LogP contribution in [-0.2, 0) is 6.42 Å². The van der Waals surface area contributed by atoms with Crippen LogP contribution >= 0.6 is 11.8 Å². The first-order chi connectivity index (χ1) is 6.63. The van der Waals surface area contributed by atoms with Gasteiger partial charge < -0.3 is 5.73 Å². The lowest BCUT2D eigenvalue weighted by atomic mass is 10.0. The Kier molecular flexibility index (Phi) is 2.58. The fourth-order valence-corrected chi connectivity index (χ4v) is 2.15. The lowest BCUT2D eigenvalue weighted by Crippen LogP contribution is -2.24. The van der Waals surface area contributed by atoms with Gasteiger partial charge in [0.15, 0.2) is 0 Å². The van der Waals surface area contributed by atoms with Gasteiger partial charge in [-0.15, -0.1) is 11.8 Å². The van der Waals surface area contributed by atoms with Crippen LogP contribution < -0.4 is 5.73 Å². The summed E-state index contributed by atoms with van der Waals surface area (Å²) in [6, 6.07) is 6.67. The highest BCUT2D eigenvalue weighted by Crippen LogP contribution is 2.36. The summed E-state index contributed by atoms with van der Waals surface area (Å²) in [6.07, 6.45) is 5.54. The Morgan fingerprint density at radius 2 is 2.14 bits per heavy atom. The number of hydrogen-bond acceptors (Lipinski definition) is 2. The van der Waals surface area contributed by atoms with Crippen molar-refractivity contribution in [2.24, 2.45) is 5.73 Å². The Balaban J connectivity index is 2.22. The molecule has 1 saturated carbocycles. The van der Waals surface area contributed by atoms with E-state index in [2.05, 4.69) is 31.4 Å². The van der Waals surface area contributed by atoms with Gasteiger partial charge in [0, 0.05) is 10.4 Å². The molecule has 0 amide bonds. The summed E-state index contributed by atoms with van der Waals surface area (Å²) in [5, 5.41) is 0. The first kappa shape index (κ1) is 10.1. The number of nitrogens with two attached hydrogens (primary N) is 1. The van der Waals surface area contributed by atoms with E-state index >= 15 is 0 Å². The molecule has 0 aliphatic heterocycles. The normalized spacial score (nSPS) is 18.2. The summed E-state index contributed by atoms with van der Waals surface area (Å²) in [7, 11) is 0. The van der Waals surface area contributed by atoms with E-state index in [9.17, 15) is 0 Å². The van der Waals surface area contributed by atoms with Gasteiger partial charge >= 0.3 is 0 Å². The van der Waals surface area contributed by atoms with E-state index in [-0.39, 0.29) is 5.54 Å². The van der Waals surface area contributed by atoms with Crippen molar-refractivity contribution in [2.75, 3.05) is 6.26 Å². The molecule has 1 aliphatic rings. The maximum atomic E-state index is 6.13. The molecule has 1 aliphatic carbocycles. The third-order valence-electron chi connectivity index (χ3n) is 2.99. The molecule has 0 radical (unpaired) electrons. The summed E-state index contributed by atoms with van der Waals surface area (Å²) in [5.41, 5.74) is 9.06. The first-order valence-corrected chi connectivity index (χ1v) is 6.28. The average Bonchev–Trinajstić information content (AvgIpc) is 2.88. The van der Waals surface area contributed by atoms with Gasteiger partial charge in [-0.1, -0.05) is 6.07 Å². The minimum Gasteiger partial charge on any atom is -0.325 e. The van der Waals surface area contributed by atoms with Crippen molar-refractivity contribution in [3.8, 4) is 0 Å². The zero-order valence-corrected chi connectivity index (χ0v) is 9.66. The molecule has 0 spiro atoms. The van der Waals surface area contributed by atoms with Gasteiger partial charge in [-0.2, -0.15) is 0 Å². The zero-order chi connectivity index (χ0) is 10.2. The lowest BCUT2D eigenvalue weighted by molar-refractivity contribution is 0.668. The van der Waals surface area contributed by atoms with Gasteiger partial charge in [0.25, 0.3) is 0 Å². The van der Waals surface area contributed by atoms with E-state index in [0.29, 0.717) is 0 Å². The number of rotatable bonds is 3. The average molecular weight is 207 g/mol. The molecule has 1 aromatic carbocycles. The topological polar surface area (TPSA) is 26.0 Å². The Morgan fingerprint density at radius 1 is 1.43 bits per heavy atom. The number of aryl methyl sites for hydroxylation is 1. The molecule has 0 saturated heterocycles. The van der Waals surface area contributed by atoms with E-state index in [0.717, 1.165) is 6.42 Å². The van der Waals surface area contributed by atoms with Gasteiger partial charge in [0.05, 0.1) is 0 Å². The molecule has 0 aromatic heterocycles. The third kappa shape index (κ3) is 2.12. The molecule has 1 aromatic rings. The summed E-state index contributed by atoms with van der Waals surface area (Å²) >= 11 is 1.80. The van der Waals surface area contributed by atoms with Crippen LogP contribution in [0.2, 0.25) is 0 Å². The van der Waals surface area contributed by atoms with Gasteiger partial charge in [0.1, 0.15) is 0 Å². The molecule has 1 fully saturated rings. The fraction of sp³-hybridized carbons (Fsp3) is 0.500. The van der Waals surface area contributed by atoms with E-state index in [1.54, 1.807) is 11.8 Å². The highest BCUT2D eigenvalue weighted by Gasteiger charge is 2.38. The van der Waals surface area contributed by atoms with Crippen molar-refractivity contribution in [2.45, 2.75) is 36.6 Å². The van der Waals surface area contributed by atoms with Crippen LogP contribution in [0.3, 0.4) is 0 Å². The maximum absolute atomic E-state index is 6.13. The Morgan fingerprint density at radius 3 is 2.71 bits per heavy atom. The van der Waals surface area contributed by atoms with Crippen LogP contribution in [-0.4, -0.2) is 11.8 Å². The second-order valence-electron chi connectivity index (χ2n) is 4.33. The molecule has 0 unspecified atom stereocenters. The molecule has 2 rings (SSSR count). The highest BCUT2D eigenvalue weighted by molar-refractivity contribution is 7.98. The van der Waals surface area contributed by atoms with Crippen LogP contribution in [0, 0.1) is 6.92 Å². The van der Waals surface area contributed by atoms with Crippen LogP contribution in [0.1, 0.15) is 24.0 Å². The van der Waals surface area contributed by atoms with E-state index in [1.165, 1.54) is 28.9 Å². The second-order valence-corrected chi connectivity index (χ2v) is 5.21. The standard InChI is InChI=1S/C12H17NS/c1-9-3-4-11(14-2)7-10(9)8-12(13)5-6-12/h3-4,7H,5-6,8,13H2,1-2H3. The smallest absolute Gasteiger partial charge is 0.0196 e. The molecule has 76 valence electrons. The second kappa shape index (κ2) is 3.59. The predicted molar refractivity (Wildman–Crippen MR) is 62.8 cm³/mol. The van der Waals surface area contributed by atoms with E-state index in [1.807, 2.05) is 0 Å². The lowest BCUT2D eigenvalue weighted by Gasteiger charge is -2.12. The molecule has 14 heavy (non-hydrogen) atoms. The molecular formula is C12H17NS. The maximum Gasteiger partial charge on any atom is 0.0196 e. The van der Waals surface area contributed by atoms with Crippen molar-refractivity contribution < 1.29 is 0 Å². The zero-order valence-electron chi connectivity index (χ0n) is 8.84. The van der Waals surface area contributed by atoms with Crippen molar-refractivity contribution in [1.29, 1.82) is 0 Å². The minimum absolute atomic E-state index is 0.127. The van der Waals surface area contributed by atoms with Crippen molar-refractivity contribution in [3.05, 3.63) is 29.3 Å². The highest BCUT2D eigenvalue weighted by atomic mass is 32.2. The van der Waals surface area contributed by atoms with Crippen molar-refractivity contribution >= 4 is 11.8 Å². The third-order valence-corrected chi connectivity index (χ3v) is 3.72. The summed E-state index contributed by atoms with van der Waals surface area (Å²) in [4.78, 5) is 1.34. The Bertz CT molecular complexity index is 342. The molecule has 2 heteroatoms. The van der Waals surface area contributed by atoms with Crippen LogP contribution in [0.5, 0.6) is 0 Å². The predicted octanol–water partition coefficient (Wildman–Crippen LogP) is 2.75. The van der Waals surface area contributed by atoms with Crippen LogP contribution in [0.25, 0.3) is 0 Å². The monoisotopic (exact) mass is 207 g/mol. The SMILES string of the molecule is CSc1ccc(C)c(CC2(N)CC2)c1. The van der Waals surface area contributed by atoms with E-state index < -0.39 is 0 Å². The summed E-state index contributed by atoms with van der Waals surface area (Å²) < 4.78 is 0. The minimum atomic E-state index is 0.127. The fourth-order valence-electron chi connectivity index (χ4n) is 1.68. The summed E-state index contributed by atoms with van der Waals surface area (Å²) in [5.74, 6) is 0. The molecular weight excluding hydrogens is 190 g/mol. The van der Waals surface area contributed by atoms with Crippen LogP contribution in [0.4, 0.5) is 0 Å². The molecule has 0 bridgehead atoms. The molecule has 0 atom stereocenters. The van der Waals surface area contributed by atoms with Crippen molar-refractivity contribution in [3.63, 3.8) is 0 Å². The van der Waals surface area contributed by atoms with Gasteiger partial charge in [-0.05, 0) is 55.7 Å². The van der Waals surface area contributed by atoms with Gasteiger partial charge in [0.2, 0.25) is 0 Å². The van der Waals surface area contributed by atoms with E-state index in [4.69, 9.17) is 5.73 Å². The van der Waals surface area contributed by atoms with Gasteiger partial charge in [-0.25, -0.2) is 0 Å². The molecule has 2 N–H and O–H groups in total. The molecule has 0 heterocycles. The van der Waals surface area contributed by atoms with Crippen LogP contribution in [0.15, 0.2) is 23.1 Å². The van der Waals surface area contributed by atoms with Gasteiger partial charge in [-0.3, -0.25) is 0 Å². The molecule has 1 nitrogen and oxygen atoms in total. The Hall–Kier alpha value is -0.470. The summed E-state index contributed by atoms with van der Waals surface area (Å²) in [6.45, 7) is 2.17. The van der Waals surface area contributed by atoms with Crippen molar-refractivity contribution in [1.82, 2.24) is 0 Å². The number of thioether (sulfide) groups is 1. The number of hydrogen-bond donors (Lipinski definition) is 1. The Labute approximate surface area is 90.1 Å². The largest absolute Gasteiger partial charge is 0.325 e. The quantitative estimate of drug-likeness (QED) is 0.771.